The Labute approximate surface area is 171 Å². The van der Waals surface area contributed by atoms with E-state index in [9.17, 15) is 9.59 Å². The van der Waals surface area contributed by atoms with Crippen LogP contribution >= 0.6 is 0 Å². The van der Waals surface area contributed by atoms with E-state index in [1.165, 1.54) is 6.08 Å². The molecule has 1 heterocycles. The fraction of sp³-hybridized carbons (Fsp3) is 0.304. The lowest BCUT2D eigenvalue weighted by molar-refractivity contribution is -0.135. The third kappa shape index (κ3) is 4.77. The zero-order chi connectivity index (χ0) is 20.8. The minimum atomic E-state index is -0.0898. The first-order valence-electron chi connectivity index (χ1n) is 9.70. The number of nitrogens with one attached hydrogen (secondary N) is 1. The number of carbonyl (C=O) groups excluding carboxylic acids is 2. The molecule has 0 unspecified atom stereocenters. The van der Waals surface area contributed by atoms with Crippen LogP contribution in [0.5, 0.6) is 5.75 Å². The molecule has 1 aliphatic heterocycles. The summed E-state index contributed by atoms with van der Waals surface area (Å²) < 4.78 is 5.51. The molecule has 1 fully saturated rings. The van der Waals surface area contributed by atoms with E-state index in [-0.39, 0.29) is 18.4 Å². The number of amides is 2. The molecule has 2 aromatic rings. The van der Waals surface area contributed by atoms with E-state index in [1.54, 1.807) is 16.9 Å². The third-order valence-corrected chi connectivity index (χ3v) is 5.18. The zero-order valence-electron chi connectivity index (χ0n) is 17.0. The molecule has 0 spiro atoms. The molecule has 0 aliphatic carbocycles. The smallest absolute Gasteiger partial charge is 0.246 e. The molecule has 1 saturated heterocycles. The van der Waals surface area contributed by atoms with Crippen molar-refractivity contribution in [2.24, 2.45) is 0 Å². The van der Waals surface area contributed by atoms with Crippen molar-refractivity contribution in [1.29, 1.82) is 0 Å². The molecule has 3 rings (SSSR count). The van der Waals surface area contributed by atoms with E-state index in [0.29, 0.717) is 31.9 Å². The maximum absolute atomic E-state index is 12.6. The number of benzene rings is 2. The summed E-state index contributed by atoms with van der Waals surface area (Å²) in [5.41, 5.74) is 4.10. The lowest BCUT2D eigenvalue weighted by atomic mass is 9.99. The molecule has 1 N–H and O–H groups in total. The van der Waals surface area contributed by atoms with E-state index in [1.807, 2.05) is 37.3 Å². The van der Waals surface area contributed by atoms with E-state index < -0.39 is 0 Å². The van der Waals surface area contributed by atoms with Gasteiger partial charge in [-0.1, -0.05) is 36.9 Å². The van der Waals surface area contributed by atoms with Gasteiger partial charge in [-0.05, 0) is 41.8 Å². The van der Waals surface area contributed by atoms with Gasteiger partial charge in [-0.25, -0.2) is 0 Å². The highest BCUT2D eigenvalue weighted by atomic mass is 16.5. The molecular formula is C23H27N3O3. The van der Waals surface area contributed by atoms with Gasteiger partial charge in [0.05, 0.1) is 19.3 Å². The summed E-state index contributed by atoms with van der Waals surface area (Å²) in [6.07, 6.45) is 1.31. The number of anilines is 1. The minimum Gasteiger partial charge on any atom is -0.495 e. The molecular weight excluding hydrogens is 366 g/mol. The Bertz CT molecular complexity index is 888. The van der Waals surface area contributed by atoms with Gasteiger partial charge in [-0.3, -0.25) is 9.59 Å². The molecule has 152 valence electrons. The average Bonchev–Trinajstić information content (AvgIpc) is 2.77. The van der Waals surface area contributed by atoms with E-state index >= 15 is 0 Å². The van der Waals surface area contributed by atoms with Crippen LogP contribution in [0.3, 0.4) is 0 Å². The maximum atomic E-state index is 12.6. The number of aryl methyl sites for hydroxylation is 1. The van der Waals surface area contributed by atoms with Crippen LogP contribution in [0, 0.1) is 6.92 Å². The van der Waals surface area contributed by atoms with Crippen molar-refractivity contribution < 1.29 is 14.3 Å². The zero-order valence-corrected chi connectivity index (χ0v) is 17.0. The number of ether oxygens (including phenoxy) is 1. The molecule has 2 amide bonds. The Kier molecular flexibility index (Phi) is 6.54. The predicted molar refractivity (Wildman–Crippen MR) is 115 cm³/mol. The fourth-order valence-corrected chi connectivity index (χ4v) is 3.51. The molecule has 0 aromatic heterocycles. The largest absolute Gasteiger partial charge is 0.495 e. The molecule has 2 aromatic carbocycles. The predicted octanol–water partition coefficient (Wildman–Crippen LogP) is 2.94. The minimum absolute atomic E-state index is 0.000379. The van der Waals surface area contributed by atoms with Gasteiger partial charge in [0.15, 0.2) is 0 Å². The Morgan fingerprint density at radius 1 is 1.10 bits per heavy atom. The van der Waals surface area contributed by atoms with Crippen LogP contribution in [0.4, 0.5) is 5.69 Å². The number of hydrogen-bond donors (Lipinski definition) is 1. The van der Waals surface area contributed by atoms with Gasteiger partial charge in [-0.15, -0.1) is 0 Å². The highest BCUT2D eigenvalue weighted by molar-refractivity contribution is 5.87. The summed E-state index contributed by atoms with van der Waals surface area (Å²) >= 11 is 0. The second-order valence-corrected chi connectivity index (χ2v) is 7.00. The van der Waals surface area contributed by atoms with Crippen LogP contribution in [-0.4, -0.2) is 61.4 Å². The normalized spacial score (nSPS) is 13.7. The molecule has 0 saturated carbocycles. The Morgan fingerprint density at radius 3 is 2.38 bits per heavy atom. The van der Waals surface area contributed by atoms with Crippen molar-refractivity contribution in [3.63, 3.8) is 0 Å². The first kappa shape index (κ1) is 20.5. The van der Waals surface area contributed by atoms with Gasteiger partial charge in [0.25, 0.3) is 0 Å². The SMILES string of the molecule is C=CC(=O)N1CCN(C(=O)CNc2cc(-c3ccccc3)c(C)cc2OC)CC1. The number of piperazine rings is 1. The molecule has 0 bridgehead atoms. The number of hydrogen-bond acceptors (Lipinski definition) is 4. The number of methoxy groups -OCH3 is 1. The summed E-state index contributed by atoms with van der Waals surface area (Å²) in [5.74, 6) is 0.615. The van der Waals surface area contributed by atoms with Crippen LogP contribution in [0.15, 0.2) is 55.1 Å². The van der Waals surface area contributed by atoms with Crippen molar-refractivity contribution in [3.05, 3.63) is 60.7 Å². The Hall–Kier alpha value is -3.28. The average molecular weight is 393 g/mol. The topological polar surface area (TPSA) is 61.9 Å². The summed E-state index contributed by atoms with van der Waals surface area (Å²) in [5, 5.41) is 3.23. The molecule has 0 atom stereocenters. The van der Waals surface area contributed by atoms with Crippen LogP contribution in [0.25, 0.3) is 11.1 Å². The van der Waals surface area contributed by atoms with Gasteiger partial charge in [0, 0.05) is 26.2 Å². The van der Waals surface area contributed by atoms with Crippen molar-refractivity contribution in [2.75, 3.05) is 45.2 Å². The lowest BCUT2D eigenvalue weighted by Gasteiger charge is -2.34. The van der Waals surface area contributed by atoms with Gasteiger partial charge in [-0.2, -0.15) is 0 Å². The van der Waals surface area contributed by atoms with Crippen molar-refractivity contribution in [3.8, 4) is 16.9 Å². The van der Waals surface area contributed by atoms with Gasteiger partial charge in [0.1, 0.15) is 5.75 Å². The third-order valence-electron chi connectivity index (χ3n) is 5.18. The standard InChI is InChI=1S/C23H27N3O3/c1-4-22(27)25-10-12-26(13-11-25)23(28)16-24-20-15-19(17(2)14-21(20)29-3)18-8-6-5-7-9-18/h4-9,14-15,24H,1,10-13,16H2,2-3H3. The number of nitrogens with zero attached hydrogens (tertiary/aromatic N) is 2. The van der Waals surface area contributed by atoms with Crippen molar-refractivity contribution >= 4 is 17.5 Å². The van der Waals surface area contributed by atoms with Crippen LogP contribution < -0.4 is 10.1 Å². The van der Waals surface area contributed by atoms with Gasteiger partial charge < -0.3 is 19.9 Å². The highest BCUT2D eigenvalue weighted by Crippen LogP contribution is 2.33. The van der Waals surface area contributed by atoms with Crippen molar-refractivity contribution in [2.45, 2.75) is 6.92 Å². The quantitative estimate of drug-likeness (QED) is 0.767. The second kappa shape index (κ2) is 9.28. The molecule has 0 radical (unpaired) electrons. The fourth-order valence-electron chi connectivity index (χ4n) is 3.51. The van der Waals surface area contributed by atoms with Crippen LogP contribution in [-0.2, 0) is 9.59 Å². The van der Waals surface area contributed by atoms with E-state index in [0.717, 1.165) is 22.4 Å². The summed E-state index contributed by atoms with van der Waals surface area (Å²) in [6, 6.07) is 14.1. The van der Waals surface area contributed by atoms with E-state index in [2.05, 4.69) is 24.0 Å². The maximum Gasteiger partial charge on any atom is 0.246 e. The molecule has 29 heavy (non-hydrogen) atoms. The van der Waals surface area contributed by atoms with Crippen LogP contribution in [0.2, 0.25) is 0 Å². The number of carbonyl (C=O) groups is 2. The molecule has 1 aliphatic rings. The molecule has 6 nitrogen and oxygen atoms in total. The number of rotatable bonds is 6. The Balaban J connectivity index is 1.68. The summed E-state index contributed by atoms with van der Waals surface area (Å²) in [4.78, 5) is 27.8. The first-order valence-corrected chi connectivity index (χ1v) is 9.70. The van der Waals surface area contributed by atoms with E-state index in [4.69, 9.17) is 4.74 Å². The monoisotopic (exact) mass is 393 g/mol. The van der Waals surface area contributed by atoms with Gasteiger partial charge >= 0.3 is 0 Å². The summed E-state index contributed by atoms with van der Waals surface area (Å²) in [7, 11) is 1.62. The van der Waals surface area contributed by atoms with Gasteiger partial charge in [0.2, 0.25) is 11.8 Å². The van der Waals surface area contributed by atoms with Crippen molar-refractivity contribution in [1.82, 2.24) is 9.80 Å². The lowest BCUT2D eigenvalue weighted by Crippen LogP contribution is -2.51. The molecule has 6 heteroatoms. The Morgan fingerprint density at radius 2 is 1.76 bits per heavy atom. The van der Waals surface area contributed by atoms with Crippen LogP contribution in [0.1, 0.15) is 5.56 Å². The summed E-state index contributed by atoms with van der Waals surface area (Å²) in [6.45, 7) is 7.84. The highest BCUT2D eigenvalue weighted by Gasteiger charge is 2.23. The second-order valence-electron chi connectivity index (χ2n) is 7.00. The first-order chi connectivity index (χ1) is 14.0.